The minimum atomic E-state index is 0.202. The summed E-state index contributed by atoms with van der Waals surface area (Å²) in [5.74, 6) is 1.71. The van der Waals surface area contributed by atoms with Crippen LogP contribution in [0.5, 0.6) is 0 Å². The smallest absolute Gasteiger partial charge is 0.246 e. The van der Waals surface area contributed by atoms with Gasteiger partial charge in [0.15, 0.2) is 5.82 Å². The van der Waals surface area contributed by atoms with Crippen LogP contribution in [0.15, 0.2) is 4.52 Å². The fourth-order valence-electron chi connectivity index (χ4n) is 2.78. The third-order valence-electron chi connectivity index (χ3n) is 4.03. The van der Waals surface area contributed by atoms with E-state index in [-0.39, 0.29) is 11.8 Å². The molecule has 110 valence electrons. The first-order valence-corrected chi connectivity index (χ1v) is 7.51. The zero-order chi connectivity index (χ0) is 13.8. The number of nitrogens with zero attached hydrogens (tertiary/aromatic N) is 3. The summed E-state index contributed by atoms with van der Waals surface area (Å²) in [6.07, 6.45) is 5.98. The number of likely N-dealkylation sites (tertiary alicyclic amines) is 1. The van der Waals surface area contributed by atoms with Gasteiger partial charge in [-0.3, -0.25) is 4.79 Å². The van der Waals surface area contributed by atoms with Crippen LogP contribution in [0.1, 0.15) is 56.2 Å². The van der Waals surface area contributed by atoms with Gasteiger partial charge in [-0.1, -0.05) is 18.0 Å². The van der Waals surface area contributed by atoms with Crippen LogP contribution in [0.2, 0.25) is 0 Å². The van der Waals surface area contributed by atoms with Gasteiger partial charge in [-0.25, -0.2) is 0 Å². The zero-order valence-corrected chi connectivity index (χ0v) is 11.7. The molecule has 20 heavy (non-hydrogen) atoms. The van der Waals surface area contributed by atoms with E-state index in [4.69, 9.17) is 9.26 Å². The molecule has 3 heterocycles. The molecule has 0 aromatic carbocycles. The highest BCUT2D eigenvalue weighted by molar-refractivity contribution is 5.76. The Labute approximate surface area is 118 Å². The number of carbonyl (C=O) groups is 1. The molecule has 6 heteroatoms. The lowest BCUT2D eigenvalue weighted by Gasteiger charge is -2.23. The van der Waals surface area contributed by atoms with Gasteiger partial charge in [0, 0.05) is 25.5 Å². The van der Waals surface area contributed by atoms with Gasteiger partial charge in [-0.15, -0.1) is 0 Å². The number of carbonyl (C=O) groups excluding carboxylic acids is 1. The number of amides is 1. The quantitative estimate of drug-likeness (QED) is 0.844. The van der Waals surface area contributed by atoms with Gasteiger partial charge in [-0.05, 0) is 19.3 Å². The van der Waals surface area contributed by atoms with Crippen molar-refractivity contribution in [2.75, 3.05) is 19.8 Å². The van der Waals surface area contributed by atoms with Crippen molar-refractivity contribution in [3.8, 4) is 0 Å². The first-order valence-electron chi connectivity index (χ1n) is 7.51. The molecule has 3 rings (SSSR count). The van der Waals surface area contributed by atoms with Gasteiger partial charge in [0.25, 0.3) is 0 Å². The van der Waals surface area contributed by atoms with E-state index in [1.54, 1.807) is 0 Å². The van der Waals surface area contributed by atoms with Crippen molar-refractivity contribution in [3.05, 3.63) is 11.7 Å². The fourth-order valence-corrected chi connectivity index (χ4v) is 2.78. The summed E-state index contributed by atoms with van der Waals surface area (Å²) in [4.78, 5) is 18.3. The maximum absolute atomic E-state index is 12.1. The highest BCUT2D eigenvalue weighted by Gasteiger charge is 2.24. The lowest BCUT2D eigenvalue weighted by Crippen LogP contribution is -2.32. The monoisotopic (exact) mass is 279 g/mol. The largest absolute Gasteiger partial charge is 0.381 e. The Hall–Kier alpha value is -1.43. The summed E-state index contributed by atoms with van der Waals surface area (Å²) in [6.45, 7) is 2.67. The van der Waals surface area contributed by atoms with Gasteiger partial charge in [-0.2, -0.15) is 4.98 Å². The van der Waals surface area contributed by atoms with E-state index in [1.165, 1.54) is 6.42 Å². The molecule has 0 N–H and O–H groups in total. The average molecular weight is 279 g/mol. The molecule has 2 aliphatic heterocycles. The molecule has 0 saturated carbocycles. The van der Waals surface area contributed by atoms with Crippen LogP contribution in [-0.4, -0.2) is 40.7 Å². The lowest BCUT2D eigenvalue weighted by atomic mass is 10.1. The first kappa shape index (κ1) is 13.5. The molecule has 2 saturated heterocycles. The van der Waals surface area contributed by atoms with E-state index in [9.17, 15) is 4.79 Å². The standard InChI is InChI=1S/C14H21N3O3/c18-13-5-3-1-2-4-7-17(13)9-12-15-14(16-20-12)11-6-8-19-10-11/h11H,1-10H2. The van der Waals surface area contributed by atoms with Crippen molar-refractivity contribution in [3.63, 3.8) is 0 Å². The molecule has 1 atom stereocenters. The van der Waals surface area contributed by atoms with E-state index in [0.717, 1.165) is 44.7 Å². The fraction of sp³-hybridized carbons (Fsp3) is 0.786. The summed E-state index contributed by atoms with van der Waals surface area (Å²) < 4.78 is 10.6. The number of aromatic nitrogens is 2. The van der Waals surface area contributed by atoms with E-state index < -0.39 is 0 Å². The van der Waals surface area contributed by atoms with Crippen molar-refractivity contribution >= 4 is 5.91 Å². The van der Waals surface area contributed by atoms with Gasteiger partial charge >= 0.3 is 0 Å². The molecule has 2 aliphatic rings. The Bertz CT molecular complexity index is 454. The summed E-state index contributed by atoms with van der Waals surface area (Å²) >= 11 is 0. The molecular weight excluding hydrogens is 258 g/mol. The maximum Gasteiger partial charge on any atom is 0.246 e. The van der Waals surface area contributed by atoms with Crippen LogP contribution in [-0.2, 0) is 16.1 Å². The third kappa shape index (κ3) is 3.17. The van der Waals surface area contributed by atoms with E-state index >= 15 is 0 Å². The van der Waals surface area contributed by atoms with E-state index in [0.29, 0.717) is 25.5 Å². The highest BCUT2D eigenvalue weighted by Crippen LogP contribution is 2.23. The molecule has 0 aliphatic carbocycles. The van der Waals surface area contributed by atoms with Crippen LogP contribution < -0.4 is 0 Å². The molecule has 2 fully saturated rings. The lowest BCUT2D eigenvalue weighted by molar-refractivity contribution is -0.132. The molecule has 1 aromatic heterocycles. The minimum absolute atomic E-state index is 0.202. The zero-order valence-electron chi connectivity index (χ0n) is 11.7. The molecule has 0 bridgehead atoms. The minimum Gasteiger partial charge on any atom is -0.381 e. The highest BCUT2D eigenvalue weighted by atomic mass is 16.5. The average Bonchev–Trinajstić information content (AvgIpc) is 3.08. The summed E-state index contributed by atoms with van der Waals surface area (Å²) in [7, 11) is 0. The molecular formula is C14H21N3O3. The number of rotatable bonds is 3. The molecule has 1 unspecified atom stereocenters. The second kappa shape index (κ2) is 6.35. The van der Waals surface area contributed by atoms with Gasteiger partial charge in [0.05, 0.1) is 13.2 Å². The van der Waals surface area contributed by atoms with Crippen LogP contribution in [0.25, 0.3) is 0 Å². The van der Waals surface area contributed by atoms with Crippen molar-refractivity contribution in [1.29, 1.82) is 0 Å². The van der Waals surface area contributed by atoms with Gasteiger partial charge in [0.1, 0.15) is 0 Å². The SMILES string of the molecule is O=C1CCCCCCN1Cc1nc(C2CCOC2)no1. The molecule has 1 aromatic rings. The normalized spacial score (nSPS) is 24.7. The third-order valence-corrected chi connectivity index (χ3v) is 4.03. The Kier molecular flexibility index (Phi) is 4.30. The predicted molar refractivity (Wildman–Crippen MR) is 71.0 cm³/mol. The van der Waals surface area contributed by atoms with Crippen LogP contribution in [0, 0.1) is 0 Å². The van der Waals surface area contributed by atoms with Gasteiger partial charge < -0.3 is 14.2 Å². The van der Waals surface area contributed by atoms with Crippen molar-refractivity contribution in [1.82, 2.24) is 15.0 Å². The summed E-state index contributed by atoms with van der Waals surface area (Å²) in [6, 6.07) is 0. The second-order valence-corrected chi connectivity index (χ2v) is 5.59. The van der Waals surface area contributed by atoms with E-state index in [2.05, 4.69) is 10.1 Å². The molecule has 0 spiro atoms. The van der Waals surface area contributed by atoms with E-state index in [1.807, 2.05) is 4.90 Å². The molecule has 0 radical (unpaired) electrons. The maximum atomic E-state index is 12.1. The van der Waals surface area contributed by atoms with Crippen LogP contribution in [0.3, 0.4) is 0 Å². The Morgan fingerprint density at radius 3 is 3.00 bits per heavy atom. The van der Waals surface area contributed by atoms with Crippen molar-refractivity contribution < 1.29 is 14.1 Å². The number of ether oxygens (including phenoxy) is 1. The molecule has 1 amide bonds. The molecule has 6 nitrogen and oxygen atoms in total. The number of hydrogen-bond acceptors (Lipinski definition) is 5. The van der Waals surface area contributed by atoms with Crippen LogP contribution >= 0.6 is 0 Å². The summed E-state index contributed by atoms with van der Waals surface area (Å²) in [5.41, 5.74) is 0. The predicted octanol–water partition coefficient (Wildman–Crippen LogP) is 1.87. The Morgan fingerprint density at radius 1 is 1.25 bits per heavy atom. The van der Waals surface area contributed by atoms with Crippen molar-refractivity contribution in [2.24, 2.45) is 0 Å². The first-order chi connectivity index (χ1) is 9.83. The Morgan fingerprint density at radius 2 is 2.15 bits per heavy atom. The summed E-state index contributed by atoms with van der Waals surface area (Å²) in [5, 5.41) is 4.03. The topological polar surface area (TPSA) is 68.5 Å². The van der Waals surface area contributed by atoms with Crippen molar-refractivity contribution in [2.45, 2.75) is 51.0 Å². The van der Waals surface area contributed by atoms with Gasteiger partial charge in [0.2, 0.25) is 11.8 Å². The number of hydrogen-bond donors (Lipinski definition) is 0. The second-order valence-electron chi connectivity index (χ2n) is 5.59. The Balaban J connectivity index is 1.62. The van der Waals surface area contributed by atoms with Crippen LogP contribution in [0.4, 0.5) is 0 Å².